The molecule has 1 heterocycles. The van der Waals surface area contributed by atoms with Crippen LogP contribution >= 0.6 is 0 Å². The van der Waals surface area contributed by atoms with Crippen LogP contribution < -0.4 is 20.1 Å². The van der Waals surface area contributed by atoms with Crippen LogP contribution in [0.15, 0.2) is 60.9 Å². The predicted octanol–water partition coefficient (Wildman–Crippen LogP) is 3.49. The smallest absolute Gasteiger partial charge is 0.315 e. The molecule has 7 nitrogen and oxygen atoms in total. The van der Waals surface area contributed by atoms with Gasteiger partial charge in [0.15, 0.2) is 0 Å². The van der Waals surface area contributed by atoms with E-state index in [1.165, 1.54) is 0 Å². The van der Waals surface area contributed by atoms with Crippen LogP contribution in [-0.4, -0.2) is 36.6 Å². The van der Waals surface area contributed by atoms with Gasteiger partial charge in [-0.25, -0.2) is 9.48 Å². The zero-order valence-electron chi connectivity index (χ0n) is 16.9. The van der Waals surface area contributed by atoms with Crippen molar-refractivity contribution in [2.75, 3.05) is 20.8 Å². The van der Waals surface area contributed by atoms with Crippen LogP contribution in [0.2, 0.25) is 0 Å². The summed E-state index contributed by atoms with van der Waals surface area (Å²) in [7, 11) is 3.21. The van der Waals surface area contributed by atoms with E-state index < -0.39 is 0 Å². The number of para-hydroxylation sites is 1. The van der Waals surface area contributed by atoms with E-state index in [9.17, 15) is 4.79 Å². The summed E-state index contributed by atoms with van der Waals surface area (Å²) in [5.41, 5.74) is 2.91. The second-order valence-electron chi connectivity index (χ2n) is 6.61. The lowest BCUT2D eigenvalue weighted by atomic mass is 10.1. The number of hydrogen-bond donors (Lipinski definition) is 2. The highest BCUT2D eigenvalue weighted by atomic mass is 16.5. The van der Waals surface area contributed by atoms with E-state index >= 15 is 0 Å². The highest BCUT2D eigenvalue weighted by molar-refractivity contribution is 5.74. The number of methoxy groups -OCH3 is 2. The third-order valence-electron chi connectivity index (χ3n) is 4.61. The number of nitrogens with zero attached hydrogens (tertiary/aromatic N) is 2. The minimum absolute atomic E-state index is 0.235. The second-order valence-corrected chi connectivity index (χ2v) is 6.61. The van der Waals surface area contributed by atoms with Gasteiger partial charge in [0.2, 0.25) is 0 Å². The maximum atomic E-state index is 12.3. The Balaban J connectivity index is 1.51. The number of carbonyl (C=O) groups excluding carboxylic acids is 1. The van der Waals surface area contributed by atoms with Crippen molar-refractivity contribution in [2.24, 2.45) is 0 Å². The molecule has 0 aliphatic carbocycles. The zero-order valence-corrected chi connectivity index (χ0v) is 16.9. The molecule has 0 radical (unpaired) electrons. The molecule has 2 amide bonds. The number of amides is 2. The summed E-state index contributed by atoms with van der Waals surface area (Å²) in [6.07, 6.45) is 4.48. The summed E-state index contributed by atoms with van der Waals surface area (Å²) in [5, 5.41) is 10.2. The summed E-state index contributed by atoms with van der Waals surface area (Å²) < 4.78 is 12.5. The van der Waals surface area contributed by atoms with Crippen LogP contribution in [0.3, 0.4) is 0 Å². The number of benzene rings is 2. The normalized spacial score (nSPS) is 11.6. The van der Waals surface area contributed by atoms with Crippen LogP contribution in [0.25, 0.3) is 5.69 Å². The molecular formula is C22H26N4O3. The molecule has 29 heavy (non-hydrogen) atoms. The van der Waals surface area contributed by atoms with Crippen molar-refractivity contribution in [3.63, 3.8) is 0 Å². The van der Waals surface area contributed by atoms with Crippen LogP contribution in [-0.2, 0) is 6.42 Å². The number of aromatic nitrogens is 2. The van der Waals surface area contributed by atoms with Crippen LogP contribution in [0.1, 0.15) is 24.1 Å². The molecule has 0 saturated heterocycles. The monoisotopic (exact) mass is 394 g/mol. The van der Waals surface area contributed by atoms with Gasteiger partial charge in [-0.3, -0.25) is 0 Å². The lowest BCUT2D eigenvalue weighted by molar-refractivity contribution is 0.238. The van der Waals surface area contributed by atoms with Crippen molar-refractivity contribution in [1.29, 1.82) is 0 Å². The van der Waals surface area contributed by atoms with Crippen LogP contribution in [0.5, 0.6) is 11.5 Å². The predicted molar refractivity (Wildman–Crippen MR) is 112 cm³/mol. The van der Waals surface area contributed by atoms with Crippen molar-refractivity contribution >= 4 is 6.03 Å². The average Bonchev–Trinajstić information content (AvgIpc) is 3.22. The molecule has 3 rings (SSSR count). The number of carbonyl (C=O) groups is 1. The SMILES string of the molecule is COc1ccc(OC)c(C(C)NC(=O)NCCc2cnn(-c3ccccc3)c2)c1. The first kappa shape index (κ1) is 20.3. The average molecular weight is 394 g/mol. The third-order valence-corrected chi connectivity index (χ3v) is 4.61. The van der Waals surface area contributed by atoms with Gasteiger partial charge in [0.25, 0.3) is 0 Å². The fourth-order valence-electron chi connectivity index (χ4n) is 3.03. The van der Waals surface area contributed by atoms with E-state index in [0.29, 0.717) is 24.5 Å². The van der Waals surface area contributed by atoms with Gasteiger partial charge >= 0.3 is 6.03 Å². The molecule has 2 aromatic carbocycles. The first-order valence-electron chi connectivity index (χ1n) is 9.46. The number of hydrogen-bond acceptors (Lipinski definition) is 4. The van der Waals surface area contributed by atoms with E-state index in [1.54, 1.807) is 14.2 Å². The highest BCUT2D eigenvalue weighted by Crippen LogP contribution is 2.29. The van der Waals surface area contributed by atoms with E-state index in [-0.39, 0.29) is 12.1 Å². The van der Waals surface area contributed by atoms with Gasteiger partial charge in [-0.05, 0) is 49.2 Å². The minimum Gasteiger partial charge on any atom is -0.497 e. The molecule has 0 aliphatic rings. The molecule has 152 valence electrons. The lowest BCUT2D eigenvalue weighted by Crippen LogP contribution is -2.38. The topological polar surface area (TPSA) is 77.4 Å². The number of urea groups is 1. The van der Waals surface area contributed by atoms with Crippen LogP contribution in [0, 0.1) is 0 Å². The fraction of sp³-hybridized carbons (Fsp3) is 0.273. The van der Waals surface area contributed by atoms with Crippen molar-refractivity contribution in [3.8, 4) is 17.2 Å². The number of ether oxygens (including phenoxy) is 2. The van der Waals surface area contributed by atoms with Gasteiger partial charge in [0.1, 0.15) is 11.5 Å². The Morgan fingerprint density at radius 1 is 1.14 bits per heavy atom. The molecule has 3 aromatic rings. The lowest BCUT2D eigenvalue weighted by Gasteiger charge is -2.18. The Hall–Kier alpha value is -3.48. The maximum absolute atomic E-state index is 12.3. The summed E-state index contributed by atoms with van der Waals surface area (Å²) in [6, 6.07) is 15.0. The van der Waals surface area contributed by atoms with Crippen molar-refractivity contribution in [2.45, 2.75) is 19.4 Å². The molecule has 2 N–H and O–H groups in total. The van der Waals surface area contributed by atoms with Gasteiger partial charge < -0.3 is 20.1 Å². The zero-order chi connectivity index (χ0) is 20.6. The number of nitrogens with one attached hydrogen (secondary N) is 2. The first-order chi connectivity index (χ1) is 14.1. The molecule has 7 heteroatoms. The van der Waals surface area contributed by atoms with Gasteiger partial charge in [-0.15, -0.1) is 0 Å². The largest absolute Gasteiger partial charge is 0.497 e. The summed E-state index contributed by atoms with van der Waals surface area (Å²) >= 11 is 0. The molecule has 0 fully saturated rings. The number of rotatable bonds is 8. The third kappa shape index (κ3) is 5.28. The van der Waals surface area contributed by atoms with E-state index in [4.69, 9.17) is 9.47 Å². The second kappa shape index (κ2) is 9.64. The molecule has 0 spiro atoms. The molecule has 1 aromatic heterocycles. The maximum Gasteiger partial charge on any atom is 0.315 e. The molecule has 0 bridgehead atoms. The van der Waals surface area contributed by atoms with Gasteiger partial charge in [-0.1, -0.05) is 18.2 Å². The Bertz CT molecular complexity index is 940. The summed E-state index contributed by atoms with van der Waals surface area (Å²) in [5.74, 6) is 1.41. The van der Waals surface area contributed by atoms with E-state index in [1.807, 2.05) is 72.5 Å². The van der Waals surface area contributed by atoms with Crippen molar-refractivity contribution in [1.82, 2.24) is 20.4 Å². The first-order valence-corrected chi connectivity index (χ1v) is 9.46. The van der Waals surface area contributed by atoms with Crippen LogP contribution in [0.4, 0.5) is 4.79 Å². The Morgan fingerprint density at radius 2 is 1.93 bits per heavy atom. The van der Waals surface area contributed by atoms with Gasteiger partial charge in [0, 0.05) is 18.3 Å². The fourth-order valence-corrected chi connectivity index (χ4v) is 3.03. The molecule has 0 aliphatic heterocycles. The Morgan fingerprint density at radius 3 is 2.66 bits per heavy atom. The Labute approximate surface area is 170 Å². The quantitative estimate of drug-likeness (QED) is 0.613. The summed E-state index contributed by atoms with van der Waals surface area (Å²) in [6.45, 7) is 2.41. The van der Waals surface area contributed by atoms with E-state index in [2.05, 4.69) is 15.7 Å². The van der Waals surface area contributed by atoms with E-state index in [0.717, 1.165) is 16.8 Å². The minimum atomic E-state index is -0.238. The highest BCUT2D eigenvalue weighted by Gasteiger charge is 2.15. The summed E-state index contributed by atoms with van der Waals surface area (Å²) in [4.78, 5) is 12.3. The molecular weight excluding hydrogens is 368 g/mol. The van der Waals surface area contributed by atoms with Gasteiger partial charge in [0.05, 0.1) is 32.1 Å². The van der Waals surface area contributed by atoms with Crippen molar-refractivity contribution in [3.05, 3.63) is 72.1 Å². The van der Waals surface area contributed by atoms with Gasteiger partial charge in [-0.2, -0.15) is 5.10 Å². The molecule has 1 unspecified atom stereocenters. The van der Waals surface area contributed by atoms with Crippen molar-refractivity contribution < 1.29 is 14.3 Å². The Kier molecular flexibility index (Phi) is 6.73. The standard InChI is InChI=1S/C22H26N4O3/c1-16(20-13-19(28-2)9-10-21(20)29-3)25-22(27)23-12-11-17-14-24-26(15-17)18-7-5-4-6-8-18/h4-10,13-16H,11-12H2,1-3H3,(H2,23,25,27). The molecule has 0 saturated carbocycles. The molecule has 1 atom stereocenters.